The van der Waals surface area contributed by atoms with Crippen molar-refractivity contribution in [2.24, 2.45) is 5.92 Å². The number of anilines is 1. The number of aromatic nitrogens is 5. The maximum atomic E-state index is 12.9. The van der Waals surface area contributed by atoms with Crippen molar-refractivity contribution in [2.45, 2.75) is 24.0 Å². The van der Waals surface area contributed by atoms with Crippen LogP contribution in [0.15, 0.2) is 34.1 Å². The number of piperidine rings is 1. The molecule has 3 aliphatic heterocycles. The number of thioether (sulfide) groups is 1. The second-order valence-electron chi connectivity index (χ2n) is 8.90. The standard InChI is InChI=1S/C23H25N7O5S/c1-33-19-3-2-15-21(25-19)29(20(31)11-24-15)7-6-28-5-4-14-12-30(23(32)35-16(14)13-28)18-10-17-22(27-26-18)34-8-9-36-17/h2-3,10-11,14,16H,4-9,12-13H2,1H3/t14-,16+/m1/s1. The summed E-state index contributed by atoms with van der Waals surface area (Å²) in [5.74, 6) is 2.47. The number of methoxy groups -OCH3 is 1. The van der Waals surface area contributed by atoms with Crippen LogP contribution in [0.5, 0.6) is 11.8 Å². The van der Waals surface area contributed by atoms with Crippen LogP contribution in [0.2, 0.25) is 0 Å². The molecule has 3 aromatic rings. The van der Waals surface area contributed by atoms with Crippen molar-refractivity contribution in [2.75, 3.05) is 50.5 Å². The second kappa shape index (κ2) is 9.54. The van der Waals surface area contributed by atoms with E-state index in [-0.39, 0.29) is 17.6 Å². The number of carbonyl (C=O) groups is 1. The van der Waals surface area contributed by atoms with Gasteiger partial charge in [-0.1, -0.05) is 0 Å². The average Bonchev–Trinajstić information content (AvgIpc) is 2.91. The first-order chi connectivity index (χ1) is 17.6. The number of rotatable bonds is 5. The third-order valence-corrected chi connectivity index (χ3v) is 7.73. The summed E-state index contributed by atoms with van der Waals surface area (Å²) in [4.78, 5) is 38.7. The summed E-state index contributed by atoms with van der Waals surface area (Å²) in [6.45, 7) is 3.65. The van der Waals surface area contributed by atoms with Crippen LogP contribution in [0.4, 0.5) is 10.6 Å². The minimum absolute atomic E-state index is 0.191. The molecule has 188 valence electrons. The Bertz CT molecular complexity index is 1370. The lowest BCUT2D eigenvalue weighted by atomic mass is 9.92. The number of likely N-dealkylation sites (tertiary alicyclic amines) is 1. The zero-order chi connectivity index (χ0) is 24.6. The number of pyridine rings is 1. The van der Waals surface area contributed by atoms with Crippen LogP contribution in [0, 0.1) is 5.92 Å². The molecule has 1 amide bonds. The predicted molar refractivity (Wildman–Crippen MR) is 131 cm³/mol. The highest BCUT2D eigenvalue weighted by Gasteiger charge is 2.40. The van der Waals surface area contributed by atoms with Gasteiger partial charge < -0.3 is 14.2 Å². The Kier molecular flexibility index (Phi) is 6.09. The lowest BCUT2D eigenvalue weighted by Gasteiger charge is -2.43. The van der Waals surface area contributed by atoms with Gasteiger partial charge in [0.15, 0.2) is 11.5 Å². The Hall–Kier alpha value is -3.45. The molecule has 2 saturated heterocycles. The smallest absolute Gasteiger partial charge is 0.415 e. The van der Waals surface area contributed by atoms with Crippen LogP contribution < -0.4 is 19.9 Å². The molecule has 36 heavy (non-hydrogen) atoms. The Morgan fingerprint density at radius 2 is 2.11 bits per heavy atom. The molecular weight excluding hydrogens is 486 g/mol. The Morgan fingerprint density at radius 1 is 1.19 bits per heavy atom. The second-order valence-corrected chi connectivity index (χ2v) is 10.0. The third kappa shape index (κ3) is 4.32. The van der Waals surface area contributed by atoms with Crippen molar-refractivity contribution in [1.82, 2.24) is 29.6 Å². The van der Waals surface area contributed by atoms with E-state index in [1.54, 1.807) is 33.4 Å². The first-order valence-electron chi connectivity index (χ1n) is 11.8. The maximum Gasteiger partial charge on any atom is 0.415 e. The van der Waals surface area contributed by atoms with Crippen molar-refractivity contribution in [3.8, 4) is 11.8 Å². The van der Waals surface area contributed by atoms with Gasteiger partial charge in [0.2, 0.25) is 11.8 Å². The van der Waals surface area contributed by atoms with E-state index < -0.39 is 6.09 Å². The molecule has 12 nitrogen and oxygen atoms in total. The summed E-state index contributed by atoms with van der Waals surface area (Å²) in [5, 5.41) is 8.34. The number of ether oxygens (including phenoxy) is 3. The molecule has 0 bridgehead atoms. The Balaban J connectivity index is 1.12. The summed E-state index contributed by atoms with van der Waals surface area (Å²) >= 11 is 1.65. The molecule has 2 atom stereocenters. The van der Waals surface area contributed by atoms with E-state index in [9.17, 15) is 9.59 Å². The van der Waals surface area contributed by atoms with Gasteiger partial charge in [0.1, 0.15) is 11.6 Å². The number of hydrogen-bond acceptors (Lipinski definition) is 11. The molecule has 0 saturated carbocycles. The van der Waals surface area contributed by atoms with Gasteiger partial charge in [-0.15, -0.1) is 22.0 Å². The number of carbonyl (C=O) groups excluding carboxylic acids is 1. The van der Waals surface area contributed by atoms with Gasteiger partial charge in [0.05, 0.1) is 24.8 Å². The van der Waals surface area contributed by atoms with E-state index in [0.29, 0.717) is 61.5 Å². The van der Waals surface area contributed by atoms with Gasteiger partial charge in [-0.05, 0) is 19.0 Å². The van der Waals surface area contributed by atoms with Crippen molar-refractivity contribution in [3.63, 3.8) is 0 Å². The molecule has 13 heteroatoms. The monoisotopic (exact) mass is 511 g/mol. The van der Waals surface area contributed by atoms with Gasteiger partial charge in [-0.25, -0.2) is 9.78 Å². The van der Waals surface area contributed by atoms with E-state index in [1.807, 2.05) is 6.07 Å². The minimum Gasteiger partial charge on any atom is -0.481 e. The van der Waals surface area contributed by atoms with Crippen LogP contribution >= 0.6 is 11.8 Å². The fourth-order valence-electron chi connectivity index (χ4n) is 4.84. The molecular formula is C23H25N7O5S. The molecule has 0 aliphatic carbocycles. The highest BCUT2D eigenvalue weighted by Crippen LogP contribution is 2.35. The van der Waals surface area contributed by atoms with Gasteiger partial charge in [0.25, 0.3) is 5.56 Å². The fraction of sp³-hybridized carbons (Fsp3) is 0.478. The van der Waals surface area contributed by atoms with Gasteiger partial charge in [-0.3, -0.25) is 19.2 Å². The molecule has 0 spiro atoms. The fourth-order valence-corrected chi connectivity index (χ4v) is 5.63. The SMILES string of the molecule is COc1ccc2ncc(=O)n(CCN3CC[C@@H]4CN(c5cc6c(nn5)OCCS6)C(=O)O[C@H]4C3)c2n1. The van der Waals surface area contributed by atoms with E-state index in [1.165, 1.54) is 13.3 Å². The topological polar surface area (TPSA) is 125 Å². The lowest BCUT2D eigenvalue weighted by Crippen LogP contribution is -2.56. The minimum atomic E-state index is -0.415. The van der Waals surface area contributed by atoms with Crippen molar-refractivity contribution in [3.05, 3.63) is 34.7 Å². The Morgan fingerprint density at radius 3 is 3.00 bits per heavy atom. The summed E-state index contributed by atoms with van der Waals surface area (Å²) in [6.07, 6.45) is 1.55. The number of amides is 1. The largest absolute Gasteiger partial charge is 0.481 e. The van der Waals surface area contributed by atoms with Crippen LogP contribution in [-0.2, 0) is 11.3 Å². The average molecular weight is 512 g/mol. The molecule has 6 heterocycles. The van der Waals surface area contributed by atoms with Gasteiger partial charge in [0, 0.05) is 50.0 Å². The summed E-state index contributed by atoms with van der Waals surface area (Å²) < 4.78 is 18.2. The molecule has 0 aromatic carbocycles. The van der Waals surface area contributed by atoms with Crippen LogP contribution in [-0.4, -0.2) is 87.5 Å². The highest BCUT2D eigenvalue weighted by atomic mass is 32.2. The maximum absolute atomic E-state index is 12.9. The highest BCUT2D eigenvalue weighted by molar-refractivity contribution is 7.99. The zero-order valence-electron chi connectivity index (χ0n) is 19.7. The normalized spacial score (nSPS) is 21.9. The van der Waals surface area contributed by atoms with Gasteiger partial charge >= 0.3 is 6.09 Å². The van der Waals surface area contributed by atoms with E-state index >= 15 is 0 Å². The quantitative estimate of drug-likeness (QED) is 0.494. The Labute approximate surface area is 210 Å². The van der Waals surface area contributed by atoms with Crippen molar-refractivity contribution >= 4 is 34.8 Å². The van der Waals surface area contributed by atoms with E-state index in [2.05, 4.69) is 25.1 Å². The molecule has 3 aliphatic rings. The molecule has 3 aromatic heterocycles. The molecule has 0 unspecified atom stereocenters. The van der Waals surface area contributed by atoms with Crippen LogP contribution in [0.25, 0.3) is 11.2 Å². The summed E-state index contributed by atoms with van der Waals surface area (Å²) in [7, 11) is 1.54. The number of nitrogens with zero attached hydrogens (tertiary/aromatic N) is 7. The molecule has 0 radical (unpaired) electrons. The molecule has 2 fully saturated rings. The first kappa shape index (κ1) is 23.0. The first-order valence-corrected chi connectivity index (χ1v) is 12.8. The molecule has 0 N–H and O–H groups in total. The lowest BCUT2D eigenvalue weighted by molar-refractivity contribution is -0.00779. The molecule has 6 rings (SSSR count). The van der Waals surface area contributed by atoms with Crippen molar-refractivity contribution in [1.29, 1.82) is 0 Å². The van der Waals surface area contributed by atoms with Crippen molar-refractivity contribution < 1.29 is 19.0 Å². The number of fused-ring (bicyclic) bond motifs is 3. The zero-order valence-corrected chi connectivity index (χ0v) is 20.5. The summed E-state index contributed by atoms with van der Waals surface area (Å²) in [5.41, 5.74) is 0.907. The summed E-state index contributed by atoms with van der Waals surface area (Å²) in [6, 6.07) is 5.36. The van der Waals surface area contributed by atoms with E-state index in [0.717, 1.165) is 23.6 Å². The van der Waals surface area contributed by atoms with E-state index in [4.69, 9.17) is 14.2 Å². The predicted octanol–water partition coefficient (Wildman–Crippen LogP) is 1.42. The van der Waals surface area contributed by atoms with Gasteiger partial charge in [-0.2, -0.15) is 4.98 Å². The third-order valence-electron chi connectivity index (χ3n) is 6.75. The van der Waals surface area contributed by atoms with Crippen LogP contribution in [0.1, 0.15) is 6.42 Å². The van der Waals surface area contributed by atoms with Crippen LogP contribution in [0.3, 0.4) is 0 Å². The number of hydrogen-bond donors (Lipinski definition) is 0.